The Bertz CT molecular complexity index is 1550. The van der Waals surface area contributed by atoms with Gasteiger partial charge in [0.15, 0.2) is 0 Å². The van der Waals surface area contributed by atoms with E-state index in [1.54, 1.807) is 19.2 Å². The first-order valence-corrected chi connectivity index (χ1v) is 10.8. The predicted molar refractivity (Wildman–Crippen MR) is 129 cm³/mol. The van der Waals surface area contributed by atoms with E-state index in [0.29, 0.717) is 23.1 Å². The number of hydrogen-bond donors (Lipinski definition) is 1. The van der Waals surface area contributed by atoms with Crippen LogP contribution in [0.5, 0.6) is 5.75 Å². The van der Waals surface area contributed by atoms with Gasteiger partial charge >= 0.3 is 6.18 Å². The smallest absolute Gasteiger partial charge is 0.416 e. The summed E-state index contributed by atoms with van der Waals surface area (Å²) < 4.78 is 46.3. The molecule has 5 aromatic rings. The van der Waals surface area contributed by atoms with Gasteiger partial charge in [-0.3, -0.25) is 4.79 Å². The van der Waals surface area contributed by atoms with Crippen LogP contribution in [0.25, 0.3) is 32.9 Å². The monoisotopic (exact) mass is 473 g/mol. The maximum atomic E-state index is 13.0. The molecule has 0 aliphatic rings. The van der Waals surface area contributed by atoms with Crippen molar-refractivity contribution < 1.29 is 22.7 Å². The molecule has 4 aromatic carbocycles. The van der Waals surface area contributed by atoms with E-state index in [1.165, 1.54) is 12.1 Å². The summed E-state index contributed by atoms with van der Waals surface area (Å²) in [6.07, 6.45) is -4.40. The molecule has 0 aliphatic carbocycles. The number of carbonyl (C=O) groups is 1. The molecule has 1 radical (unpaired) electrons. The van der Waals surface area contributed by atoms with E-state index in [9.17, 15) is 18.0 Å². The summed E-state index contributed by atoms with van der Waals surface area (Å²) in [7, 11) is 1.60. The topological polar surface area (TPSA) is 57.2 Å². The minimum absolute atomic E-state index is 0.306. The minimum Gasteiger partial charge on any atom is -0.497 e. The van der Waals surface area contributed by atoms with Crippen molar-refractivity contribution in [2.75, 3.05) is 7.11 Å². The zero-order chi connectivity index (χ0) is 24.7. The zero-order valence-corrected chi connectivity index (χ0v) is 18.7. The second-order valence-corrected chi connectivity index (χ2v) is 8.22. The van der Waals surface area contributed by atoms with Gasteiger partial charge in [-0.15, -0.1) is 0 Å². The molecule has 35 heavy (non-hydrogen) atoms. The first kappa shape index (κ1) is 22.5. The van der Waals surface area contributed by atoms with Gasteiger partial charge in [-0.1, -0.05) is 30.3 Å². The number of primary amides is 1. The Morgan fingerprint density at radius 2 is 1.69 bits per heavy atom. The molecular weight excluding hydrogens is 453 g/mol. The largest absolute Gasteiger partial charge is 0.497 e. The number of benzene rings is 4. The second kappa shape index (κ2) is 8.51. The van der Waals surface area contributed by atoms with Crippen LogP contribution >= 0.6 is 0 Å². The Hall–Kier alpha value is -4.26. The number of rotatable bonds is 5. The van der Waals surface area contributed by atoms with Crippen molar-refractivity contribution in [3.05, 3.63) is 102 Å². The average Bonchev–Trinajstić information content (AvgIpc) is 3.16. The second-order valence-electron chi connectivity index (χ2n) is 8.22. The Kier molecular flexibility index (Phi) is 5.47. The van der Waals surface area contributed by atoms with Gasteiger partial charge in [0, 0.05) is 22.9 Å². The lowest BCUT2D eigenvalue weighted by Gasteiger charge is -2.11. The van der Waals surface area contributed by atoms with Crippen molar-refractivity contribution in [1.82, 2.24) is 4.57 Å². The van der Waals surface area contributed by atoms with Gasteiger partial charge in [0.05, 0.1) is 23.7 Å². The highest BCUT2D eigenvalue weighted by Gasteiger charge is 2.30. The molecular formula is C28H20F3N2O2. The molecule has 1 amide bonds. The summed E-state index contributed by atoms with van der Waals surface area (Å²) >= 11 is 0. The Morgan fingerprint density at radius 3 is 2.31 bits per heavy atom. The summed E-state index contributed by atoms with van der Waals surface area (Å²) in [6, 6.07) is 25.1. The fourth-order valence-electron chi connectivity index (χ4n) is 4.36. The highest BCUT2D eigenvalue weighted by Crippen LogP contribution is 2.35. The number of amides is 1. The number of carbonyl (C=O) groups excluding carboxylic acids is 1. The Balaban J connectivity index is 1.70. The fourth-order valence-corrected chi connectivity index (χ4v) is 4.36. The van der Waals surface area contributed by atoms with Gasteiger partial charge in [0.1, 0.15) is 5.75 Å². The van der Waals surface area contributed by atoms with E-state index in [4.69, 9.17) is 10.5 Å². The third-order valence-corrected chi connectivity index (χ3v) is 6.11. The van der Waals surface area contributed by atoms with Gasteiger partial charge < -0.3 is 15.0 Å². The molecule has 0 fully saturated rings. The molecule has 0 saturated heterocycles. The number of hydrogen-bond acceptors (Lipinski definition) is 2. The molecule has 0 atom stereocenters. The highest BCUT2D eigenvalue weighted by molar-refractivity contribution is 6.18. The third kappa shape index (κ3) is 4.10. The van der Waals surface area contributed by atoms with Gasteiger partial charge in [-0.05, 0) is 71.3 Å². The van der Waals surface area contributed by atoms with Gasteiger partial charge in [-0.25, -0.2) is 0 Å². The van der Waals surface area contributed by atoms with Crippen molar-refractivity contribution >= 4 is 27.7 Å². The molecule has 2 N–H and O–H groups in total. The lowest BCUT2D eigenvalue weighted by Crippen LogP contribution is -2.11. The molecule has 0 bridgehead atoms. The van der Waals surface area contributed by atoms with E-state index in [1.807, 2.05) is 47.0 Å². The van der Waals surface area contributed by atoms with E-state index in [0.717, 1.165) is 45.4 Å². The molecule has 5 rings (SSSR count). The molecule has 7 heteroatoms. The first-order valence-electron chi connectivity index (χ1n) is 10.8. The van der Waals surface area contributed by atoms with Crippen molar-refractivity contribution in [1.29, 1.82) is 0 Å². The standard InChI is InChI=1S/C28H20F3N2O2/c1-35-21-12-7-18(8-13-21)19-9-14-22-25(15-19)33(24-4-2-3-23(26(22)24)27(32)34)16-17-5-10-20(11-6-17)28(29,30)31/h2-13,15H,16H2,1H3,(H2,32,34). The van der Waals surface area contributed by atoms with Crippen LogP contribution in [0.3, 0.4) is 0 Å². The number of halogens is 3. The van der Waals surface area contributed by atoms with Crippen LogP contribution in [0.1, 0.15) is 21.5 Å². The van der Waals surface area contributed by atoms with Crippen LogP contribution < -0.4 is 10.5 Å². The quantitative estimate of drug-likeness (QED) is 0.320. The molecule has 0 spiro atoms. The third-order valence-electron chi connectivity index (χ3n) is 6.11. The van der Waals surface area contributed by atoms with Crippen molar-refractivity contribution in [2.45, 2.75) is 12.7 Å². The molecule has 4 nitrogen and oxygen atoms in total. The van der Waals surface area contributed by atoms with Crippen molar-refractivity contribution in [2.24, 2.45) is 5.73 Å². The SMILES string of the molecule is COc1ccc(-c2c[c]c3c4c(C(N)=O)cccc4n(Cc4ccc(C(F)(F)F)cc4)c3c2)cc1. The van der Waals surface area contributed by atoms with Gasteiger partial charge in [0.25, 0.3) is 0 Å². The molecule has 1 aromatic heterocycles. The lowest BCUT2D eigenvalue weighted by molar-refractivity contribution is -0.137. The van der Waals surface area contributed by atoms with Crippen LogP contribution in [0, 0.1) is 6.07 Å². The Morgan fingerprint density at radius 1 is 0.971 bits per heavy atom. The predicted octanol–water partition coefficient (Wildman–Crippen LogP) is 6.44. The lowest BCUT2D eigenvalue weighted by atomic mass is 10.0. The zero-order valence-electron chi connectivity index (χ0n) is 18.7. The molecule has 0 saturated carbocycles. The van der Waals surface area contributed by atoms with Gasteiger partial charge in [0.2, 0.25) is 5.91 Å². The Labute approximate surface area is 199 Å². The number of fused-ring (bicyclic) bond motifs is 3. The summed E-state index contributed by atoms with van der Waals surface area (Å²) in [6.45, 7) is 0.306. The molecule has 0 aliphatic heterocycles. The van der Waals surface area contributed by atoms with Crippen molar-refractivity contribution in [3.63, 3.8) is 0 Å². The minimum atomic E-state index is -4.40. The van der Waals surface area contributed by atoms with E-state index in [-0.39, 0.29) is 0 Å². The van der Waals surface area contributed by atoms with Crippen LogP contribution in [-0.2, 0) is 12.7 Å². The molecule has 175 valence electrons. The number of nitrogens with two attached hydrogens (primary N) is 1. The highest BCUT2D eigenvalue weighted by atomic mass is 19.4. The van der Waals surface area contributed by atoms with Crippen molar-refractivity contribution in [3.8, 4) is 16.9 Å². The number of aromatic nitrogens is 1. The molecule has 1 heterocycles. The van der Waals surface area contributed by atoms with Crippen LogP contribution in [0.15, 0.2) is 78.9 Å². The van der Waals surface area contributed by atoms with Gasteiger partial charge in [-0.2, -0.15) is 13.2 Å². The summed E-state index contributed by atoms with van der Waals surface area (Å²) in [5.41, 5.74) is 9.41. The maximum absolute atomic E-state index is 13.0. The number of alkyl halides is 3. The molecule has 0 unspecified atom stereocenters. The normalized spacial score (nSPS) is 11.8. The maximum Gasteiger partial charge on any atom is 0.416 e. The van der Waals surface area contributed by atoms with Crippen LogP contribution in [0.2, 0.25) is 0 Å². The number of nitrogens with zero attached hydrogens (tertiary/aromatic N) is 1. The summed E-state index contributed by atoms with van der Waals surface area (Å²) in [5.74, 6) is 0.179. The van der Waals surface area contributed by atoms with Crippen LogP contribution in [-0.4, -0.2) is 17.6 Å². The van der Waals surface area contributed by atoms with E-state index < -0.39 is 17.6 Å². The number of methoxy groups -OCH3 is 1. The summed E-state index contributed by atoms with van der Waals surface area (Å²) in [4.78, 5) is 12.2. The summed E-state index contributed by atoms with van der Waals surface area (Å²) in [5, 5.41) is 1.39. The van der Waals surface area contributed by atoms with E-state index in [2.05, 4.69) is 6.07 Å². The van der Waals surface area contributed by atoms with E-state index >= 15 is 0 Å². The fraction of sp³-hybridized carbons (Fsp3) is 0.107. The number of ether oxygens (including phenoxy) is 1. The van der Waals surface area contributed by atoms with Crippen LogP contribution in [0.4, 0.5) is 13.2 Å². The average molecular weight is 473 g/mol. The first-order chi connectivity index (χ1) is 16.8.